The van der Waals surface area contributed by atoms with Crippen LogP contribution in [0.25, 0.3) is 0 Å². The zero-order chi connectivity index (χ0) is 20.6. The van der Waals surface area contributed by atoms with E-state index in [9.17, 15) is 9.59 Å². The third-order valence-corrected chi connectivity index (χ3v) is 6.39. The van der Waals surface area contributed by atoms with E-state index in [4.69, 9.17) is 0 Å². The lowest BCUT2D eigenvalue weighted by Gasteiger charge is -2.26. The van der Waals surface area contributed by atoms with Crippen LogP contribution in [0.4, 0.5) is 0 Å². The van der Waals surface area contributed by atoms with Crippen LogP contribution in [0.5, 0.6) is 0 Å². The Kier molecular flexibility index (Phi) is 8.10. The molecule has 1 atom stereocenters. The molecular formula is C24H37N3O2. The van der Waals surface area contributed by atoms with Gasteiger partial charge in [0.2, 0.25) is 11.8 Å². The van der Waals surface area contributed by atoms with Crippen LogP contribution in [-0.2, 0) is 22.7 Å². The molecule has 1 aliphatic heterocycles. The molecule has 0 bridgehead atoms. The lowest BCUT2D eigenvalue weighted by Crippen LogP contribution is -2.51. The summed E-state index contributed by atoms with van der Waals surface area (Å²) >= 11 is 0. The standard InChI is InChI=1S/C24H37N3O2/c1-18(2)22(26-23(28)19-10-4-3-5-11-19)24(29)25-16-20-12-6-7-13-21(20)17-27-14-8-9-15-27/h6-7,12-13,18-19,22H,3-5,8-11,14-17H2,1-2H3,(H,25,29)(H,26,28). The quantitative estimate of drug-likeness (QED) is 0.702. The maximum atomic E-state index is 12.9. The summed E-state index contributed by atoms with van der Waals surface area (Å²) in [6.07, 6.45) is 7.89. The average molecular weight is 400 g/mol. The molecule has 29 heavy (non-hydrogen) atoms. The summed E-state index contributed by atoms with van der Waals surface area (Å²) in [5.74, 6) is 0.0921. The van der Waals surface area contributed by atoms with Crippen molar-refractivity contribution in [2.24, 2.45) is 11.8 Å². The smallest absolute Gasteiger partial charge is 0.243 e. The second kappa shape index (κ2) is 10.8. The van der Waals surface area contributed by atoms with Crippen LogP contribution in [0, 0.1) is 11.8 Å². The zero-order valence-electron chi connectivity index (χ0n) is 18.1. The van der Waals surface area contributed by atoms with Gasteiger partial charge in [-0.3, -0.25) is 14.5 Å². The average Bonchev–Trinajstić information content (AvgIpc) is 3.24. The van der Waals surface area contributed by atoms with E-state index in [1.54, 1.807) is 0 Å². The van der Waals surface area contributed by atoms with Crippen LogP contribution in [0.3, 0.4) is 0 Å². The third-order valence-electron chi connectivity index (χ3n) is 6.39. The Balaban J connectivity index is 1.56. The van der Waals surface area contributed by atoms with Crippen molar-refractivity contribution in [1.82, 2.24) is 15.5 Å². The summed E-state index contributed by atoms with van der Waals surface area (Å²) < 4.78 is 0. The minimum atomic E-state index is -0.477. The number of benzene rings is 1. The summed E-state index contributed by atoms with van der Waals surface area (Å²) in [7, 11) is 0. The summed E-state index contributed by atoms with van der Waals surface area (Å²) in [4.78, 5) is 28.0. The molecule has 1 heterocycles. The van der Waals surface area contributed by atoms with E-state index in [2.05, 4.69) is 33.7 Å². The Morgan fingerprint density at radius 1 is 1.00 bits per heavy atom. The number of nitrogens with zero attached hydrogens (tertiary/aromatic N) is 1. The molecule has 1 aromatic carbocycles. The first kappa shape index (κ1) is 21.8. The first-order valence-electron chi connectivity index (χ1n) is 11.4. The highest BCUT2D eigenvalue weighted by Gasteiger charge is 2.28. The molecule has 2 amide bonds. The van der Waals surface area contributed by atoms with Gasteiger partial charge in [-0.25, -0.2) is 0 Å². The van der Waals surface area contributed by atoms with Gasteiger partial charge >= 0.3 is 0 Å². The summed E-state index contributed by atoms with van der Waals surface area (Å²) in [6, 6.07) is 7.87. The number of rotatable bonds is 8. The Hall–Kier alpha value is -1.88. The monoisotopic (exact) mass is 399 g/mol. The summed E-state index contributed by atoms with van der Waals surface area (Å²) in [6.45, 7) is 7.75. The molecule has 160 valence electrons. The van der Waals surface area contributed by atoms with E-state index in [-0.39, 0.29) is 23.7 Å². The molecule has 0 spiro atoms. The second-order valence-electron chi connectivity index (χ2n) is 9.03. The number of amides is 2. The van der Waals surface area contributed by atoms with Crippen molar-refractivity contribution in [3.63, 3.8) is 0 Å². The number of hydrogen-bond acceptors (Lipinski definition) is 3. The first-order valence-corrected chi connectivity index (χ1v) is 11.4. The van der Waals surface area contributed by atoms with Crippen LogP contribution in [0.1, 0.15) is 69.9 Å². The van der Waals surface area contributed by atoms with E-state index >= 15 is 0 Å². The highest BCUT2D eigenvalue weighted by atomic mass is 16.2. The Labute approximate surface area is 175 Å². The molecule has 1 unspecified atom stereocenters. The Morgan fingerprint density at radius 3 is 2.31 bits per heavy atom. The number of carbonyl (C=O) groups excluding carboxylic acids is 2. The SMILES string of the molecule is CC(C)C(NC(=O)C1CCCCC1)C(=O)NCc1ccccc1CN1CCCC1. The molecule has 1 aromatic rings. The Morgan fingerprint density at radius 2 is 1.66 bits per heavy atom. The van der Waals surface area contributed by atoms with Gasteiger partial charge in [0, 0.05) is 19.0 Å². The predicted molar refractivity (Wildman–Crippen MR) is 116 cm³/mol. The van der Waals surface area contributed by atoms with Crippen LogP contribution >= 0.6 is 0 Å². The van der Waals surface area contributed by atoms with E-state index in [0.29, 0.717) is 6.54 Å². The van der Waals surface area contributed by atoms with Crippen molar-refractivity contribution in [1.29, 1.82) is 0 Å². The van der Waals surface area contributed by atoms with Gasteiger partial charge in [-0.1, -0.05) is 57.4 Å². The maximum Gasteiger partial charge on any atom is 0.243 e. The highest BCUT2D eigenvalue weighted by molar-refractivity contribution is 5.88. The third kappa shape index (κ3) is 6.30. The van der Waals surface area contributed by atoms with Crippen LogP contribution in [-0.4, -0.2) is 35.8 Å². The second-order valence-corrected chi connectivity index (χ2v) is 9.03. The van der Waals surface area contributed by atoms with E-state index in [0.717, 1.165) is 50.9 Å². The fourth-order valence-corrected chi connectivity index (χ4v) is 4.53. The van der Waals surface area contributed by atoms with Gasteiger partial charge in [0.25, 0.3) is 0 Å². The molecule has 1 saturated carbocycles. The Bertz CT molecular complexity index is 676. The fourth-order valence-electron chi connectivity index (χ4n) is 4.53. The van der Waals surface area contributed by atoms with Crippen molar-refractivity contribution in [3.8, 4) is 0 Å². The zero-order valence-corrected chi connectivity index (χ0v) is 18.1. The molecule has 0 aromatic heterocycles. The van der Waals surface area contributed by atoms with Gasteiger partial charge in [0.1, 0.15) is 6.04 Å². The summed E-state index contributed by atoms with van der Waals surface area (Å²) in [5, 5.41) is 6.12. The van der Waals surface area contributed by atoms with Gasteiger partial charge in [-0.05, 0) is 55.8 Å². The molecule has 3 rings (SSSR count). The molecule has 1 aliphatic carbocycles. The molecule has 2 aliphatic rings. The van der Waals surface area contributed by atoms with E-state index < -0.39 is 6.04 Å². The molecule has 5 heteroatoms. The number of nitrogens with one attached hydrogen (secondary N) is 2. The van der Waals surface area contributed by atoms with E-state index in [1.165, 1.54) is 24.8 Å². The van der Waals surface area contributed by atoms with Crippen LogP contribution < -0.4 is 10.6 Å². The van der Waals surface area contributed by atoms with Crippen LogP contribution in [0.15, 0.2) is 24.3 Å². The van der Waals surface area contributed by atoms with E-state index in [1.807, 2.05) is 19.9 Å². The molecular weight excluding hydrogens is 362 g/mol. The molecule has 1 saturated heterocycles. The largest absolute Gasteiger partial charge is 0.350 e. The normalized spacial score (nSPS) is 19.3. The van der Waals surface area contributed by atoms with Crippen molar-refractivity contribution >= 4 is 11.8 Å². The van der Waals surface area contributed by atoms with Crippen LogP contribution in [0.2, 0.25) is 0 Å². The minimum Gasteiger partial charge on any atom is -0.350 e. The van der Waals surface area contributed by atoms with Crippen molar-refractivity contribution in [2.75, 3.05) is 13.1 Å². The maximum absolute atomic E-state index is 12.9. The van der Waals surface area contributed by atoms with Crippen molar-refractivity contribution < 1.29 is 9.59 Å². The highest BCUT2D eigenvalue weighted by Crippen LogP contribution is 2.24. The van der Waals surface area contributed by atoms with Gasteiger partial charge in [-0.15, -0.1) is 0 Å². The van der Waals surface area contributed by atoms with Gasteiger partial charge in [0.15, 0.2) is 0 Å². The number of hydrogen-bond donors (Lipinski definition) is 2. The molecule has 0 radical (unpaired) electrons. The molecule has 5 nitrogen and oxygen atoms in total. The predicted octanol–water partition coefficient (Wildman–Crippen LogP) is 3.62. The number of likely N-dealkylation sites (tertiary alicyclic amines) is 1. The molecule has 2 N–H and O–H groups in total. The minimum absolute atomic E-state index is 0.0491. The number of carbonyl (C=O) groups is 2. The topological polar surface area (TPSA) is 61.4 Å². The van der Waals surface area contributed by atoms with Crippen molar-refractivity contribution in [3.05, 3.63) is 35.4 Å². The lowest BCUT2D eigenvalue weighted by atomic mass is 9.88. The van der Waals surface area contributed by atoms with Gasteiger partial charge in [-0.2, -0.15) is 0 Å². The van der Waals surface area contributed by atoms with Crippen molar-refractivity contribution in [2.45, 2.75) is 77.9 Å². The lowest BCUT2D eigenvalue weighted by molar-refractivity contribution is -0.132. The molecule has 2 fully saturated rings. The first-order chi connectivity index (χ1) is 14.0. The fraction of sp³-hybridized carbons (Fsp3) is 0.667. The van der Waals surface area contributed by atoms with Gasteiger partial charge < -0.3 is 10.6 Å². The van der Waals surface area contributed by atoms with Gasteiger partial charge in [0.05, 0.1) is 0 Å². The summed E-state index contributed by atoms with van der Waals surface area (Å²) in [5.41, 5.74) is 2.44.